The van der Waals surface area contributed by atoms with Crippen LogP contribution in [0.2, 0.25) is 0 Å². The third kappa shape index (κ3) is 3.33. The summed E-state index contributed by atoms with van der Waals surface area (Å²) in [4.78, 5) is 2.00. The molecule has 0 fully saturated rings. The smallest absolute Gasteiger partial charge is 0.137 e. The predicted octanol–water partition coefficient (Wildman–Crippen LogP) is 4.01. The average Bonchev–Trinajstić information content (AvgIpc) is 2.54. The molecule has 114 valence electrons. The van der Waals surface area contributed by atoms with Crippen molar-refractivity contribution in [3.05, 3.63) is 65.0 Å². The highest BCUT2D eigenvalue weighted by Gasteiger charge is 2.16. The largest absolute Gasteiger partial charge is 0.461 e. The molecule has 2 rings (SSSR count). The molecule has 0 aromatic heterocycles. The second-order valence-corrected chi connectivity index (χ2v) is 5.29. The van der Waals surface area contributed by atoms with Gasteiger partial charge in [0.15, 0.2) is 0 Å². The van der Waals surface area contributed by atoms with E-state index in [2.05, 4.69) is 6.58 Å². The van der Waals surface area contributed by atoms with Gasteiger partial charge in [0.25, 0.3) is 0 Å². The van der Waals surface area contributed by atoms with Crippen molar-refractivity contribution in [1.82, 2.24) is 0 Å². The van der Waals surface area contributed by atoms with Gasteiger partial charge < -0.3 is 9.64 Å². The lowest BCUT2D eigenvalue weighted by molar-refractivity contribution is 0.380. The number of rotatable bonds is 3. The Morgan fingerprint density at radius 3 is 2.48 bits per heavy atom. The molecule has 0 N–H and O–H groups in total. The summed E-state index contributed by atoms with van der Waals surface area (Å²) in [6.45, 7) is 5.63. The van der Waals surface area contributed by atoms with E-state index in [4.69, 9.17) is 15.3 Å². The molecule has 0 spiro atoms. The van der Waals surface area contributed by atoms with Gasteiger partial charge in [-0.15, -0.1) is 0 Å². The standard InChI is InChI=1S/C19H17N3O/c1-5-14-6-7-17(22(3)4)10-18(14)19-9-15(8-13(2)23-19)16(11-20)12-21/h5-10H,1H2,2-4H3. The number of anilines is 1. The van der Waals surface area contributed by atoms with Gasteiger partial charge in [-0.05, 0) is 36.8 Å². The number of allylic oxidation sites excluding steroid dienone is 5. The van der Waals surface area contributed by atoms with E-state index in [1.54, 1.807) is 25.2 Å². The molecular weight excluding hydrogens is 286 g/mol. The summed E-state index contributed by atoms with van der Waals surface area (Å²) in [7, 11) is 3.92. The Balaban J connectivity index is 2.64. The average molecular weight is 303 g/mol. The van der Waals surface area contributed by atoms with Gasteiger partial charge >= 0.3 is 0 Å². The highest BCUT2D eigenvalue weighted by molar-refractivity contribution is 5.77. The minimum atomic E-state index is 0.0640. The van der Waals surface area contributed by atoms with Gasteiger partial charge in [0, 0.05) is 30.9 Å². The number of benzene rings is 1. The Kier molecular flexibility index (Phi) is 4.69. The van der Waals surface area contributed by atoms with E-state index < -0.39 is 0 Å². The first-order valence-electron chi connectivity index (χ1n) is 7.06. The van der Waals surface area contributed by atoms with Crippen LogP contribution in [-0.2, 0) is 4.74 Å². The normalized spacial score (nSPS) is 13.0. The molecule has 1 heterocycles. The topological polar surface area (TPSA) is 60.0 Å². The highest BCUT2D eigenvalue weighted by atomic mass is 16.5. The van der Waals surface area contributed by atoms with Crippen LogP contribution >= 0.6 is 0 Å². The molecule has 4 heteroatoms. The Morgan fingerprint density at radius 2 is 1.91 bits per heavy atom. The van der Waals surface area contributed by atoms with Crippen molar-refractivity contribution in [1.29, 1.82) is 10.5 Å². The highest BCUT2D eigenvalue weighted by Crippen LogP contribution is 2.32. The number of hydrogen-bond donors (Lipinski definition) is 0. The SMILES string of the molecule is C=Cc1ccc(N(C)C)cc1C1=CC(=C(C#N)C#N)C=C(C)O1. The fourth-order valence-electron chi connectivity index (χ4n) is 2.28. The summed E-state index contributed by atoms with van der Waals surface area (Å²) in [5.74, 6) is 1.23. The van der Waals surface area contributed by atoms with E-state index >= 15 is 0 Å². The molecule has 0 saturated heterocycles. The van der Waals surface area contributed by atoms with Gasteiger partial charge in [-0.1, -0.05) is 18.7 Å². The second-order valence-electron chi connectivity index (χ2n) is 5.29. The number of ether oxygens (including phenoxy) is 1. The van der Waals surface area contributed by atoms with Crippen LogP contribution in [0.25, 0.3) is 11.8 Å². The molecule has 0 amide bonds. The van der Waals surface area contributed by atoms with Gasteiger partial charge in [-0.25, -0.2) is 0 Å². The van der Waals surface area contributed by atoms with Crippen LogP contribution in [0.1, 0.15) is 18.1 Å². The lowest BCUT2D eigenvalue weighted by Gasteiger charge is -2.20. The third-order valence-electron chi connectivity index (χ3n) is 3.47. The summed E-state index contributed by atoms with van der Waals surface area (Å²) >= 11 is 0. The summed E-state index contributed by atoms with van der Waals surface area (Å²) in [6, 6.07) is 9.80. The van der Waals surface area contributed by atoms with Gasteiger partial charge in [-0.3, -0.25) is 0 Å². The van der Waals surface area contributed by atoms with E-state index in [-0.39, 0.29) is 5.57 Å². The van der Waals surface area contributed by atoms with Crippen molar-refractivity contribution >= 4 is 17.5 Å². The van der Waals surface area contributed by atoms with Crippen LogP contribution in [0.15, 0.2) is 53.8 Å². The molecule has 1 aliphatic heterocycles. The van der Waals surface area contributed by atoms with E-state index in [1.165, 1.54) is 0 Å². The Labute approximate surface area is 136 Å². The molecule has 0 atom stereocenters. The minimum Gasteiger partial charge on any atom is -0.461 e. The number of nitriles is 2. The van der Waals surface area contributed by atoms with E-state index in [9.17, 15) is 0 Å². The van der Waals surface area contributed by atoms with Gasteiger partial charge in [-0.2, -0.15) is 10.5 Å². The van der Waals surface area contributed by atoms with Gasteiger partial charge in [0.05, 0.1) is 0 Å². The molecule has 1 aromatic rings. The molecule has 0 unspecified atom stereocenters. The molecule has 0 saturated carbocycles. The summed E-state index contributed by atoms with van der Waals surface area (Å²) < 4.78 is 5.82. The van der Waals surface area contributed by atoms with Crippen molar-refractivity contribution in [3.8, 4) is 12.1 Å². The van der Waals surface area contributed by atoms with Crippen molar-refractivity contribution < 1.29 is 4.74 Å². The van der Waals surface area contributed by atoms with Crippen molar-refractivity contribution in [2.75, 3.05) is 19.0 Å². The zero-order chi connectivity index (χ0) is 17.0. The zero-order valence-corrected chi connectivity index (χ0v) is 13.4. The predicted molar refractivity (Wildman–Crippen MR) is 91.9 cm³/mol. The Bertz CT molecular complexity index is 811. The maximum absolute atomic E-state index is 9.09. The molecular formula is C19H17N3O. The first-order chi connectivity index (χ1) is 11.0. The van der Waals surface area contributed by atoms with Crippen molar-refractivity contribution in [2.24, 2.45) is 0 Å². The molecule has 1 aliphatic rings. The molecule has 4 nitrogen and oxygen atoms in total. The van der Waals surface area contributed by atoms with Gasteiger partial charge in [0.1, 0.15) is 29.2 Å². The zero-order valence-electron chi connectivity index (χ0n) is 13.4. The summed E-state index contributed by atoms with van der Waals surface area (Å²) in [5.41, 5.74) is 3.43. The fourth-order valence-corrected chi connectivity index (χ4v) is 2.28. The minimum absolute atomic E-state index is 0.0640. The first-order valence-corrected chi connectivity index (χ1v) is 7.06. The van der Waals surface area contributed by atoms with Crippen LogP contribution in [-0.4, -0.2) is 14.1 Å². The summed E-state index contributed by atoms with van der Waals surface area (Å²) in [5, 5.41) is 18.2. The van der Waals surface area contributed by atoms with Crippen LogP contribution in [0.5, 0.6) is 0 Å². The van der Waals surface area contributed by atoms with E-state index in [0.717, 1.165) is 16.8 Å². The van der Waals surface area contributed by atoms with E-state index in [1.807, 2.05) is 49.3 Å². The van der Waals surface area contributed by atoms with Crippen LogP contribution < -0.4 is 4.90 Å². The van der Waals surface area contributed by atoms with Gasteiger partial charge in [0.2, 0.25) is 0 Å². The lowest BCUT2D eigenvalue weighted by atomic mass is 9.99. The fraction of sp³-hybridized carbons (Fsp3) is 0.158. The second kappa shape index (κ2) is 6.68. The van der Waals surface area contributed by atoms with Crippen molar-refractivity contribution in [3.63, 3.8) is 0 Å². The number of nitrogens with zero attached hydrogens (tertiary/aromatic N) is 3. The molecule has 0 bridgehead atoms. The molecule has 1 aromatic carbocycles. The van der Waals surface area contributed by atoms with Crippen LogP contribution in [0, 0.1) is 22.7 Å². The van der Waals surface area contributed by atoms with E-state index in [0.29, 0.717) is 17.1 Å². The molecule has 23 heavy (non-hydrogen) atoms. The molecule has 0 aliphatic carbocycles. The maximum Gasteiger partial charge on any atom is 0.137 e. The third-order valence-corrected chi connectivity index (χ3v) is 3.47. The van der Waals surface area contributed by atoms with Crippen molar-refractivity contribution in [2.45, 2.75) is 6.92 Å². The van der Waals surface area contributed by atoms with Crippen LogP contribution in [0.3, 0.4) is 0 Å². The first kappa shape index (κ1) is 16.1. The number of hydrogen-bond acceptors (Lipinski definition) is 4. The van der Waals surface area contributed by atoms with Crippen LogP contribution in [0.4, 0.5) is 5.69 Å². The summed E-state index contributed by atoms with van der Waals surface area (Å²) in [6.07, 6.45) is 5.16. The quantitative estimate of drug-likeness (QED) is 0.791. The Morgan fingerprint density at radius 1 is 1.22 bits per heavy atom. The lowest BCUT2D eigenvalue weighted by Crippen LogP contribution is -2.09. The monoisotopic (exact) mass is 303 g/mol. The molecule has 0 radical (unpaired) electrons. The maximum atomic E-state index is 9.09. The Hall–Kier alpha value is -3.24.